The predicted octanol–water partition coefficient (Wildman–Crippen LogP) is 2.64. The number of rotatable bonds is 6. The van der Waals surface area contributed by atoms with Crippen molar-refractivity contribution in [2.24, 2.45) is 5.73 Å². The molecule has 4 heteroatoms. The highest BCUT2D eigenvalue weighted by atomic mass is 16.5. The number of nitrogens with zero attached hydrogens (tertiary/aromatic N) is 2. The van der Waals surface area contributed by atoms with Gasteiger partial charge in [0.05, 0.1) is 5.69 Å². The molecule has 0 aliphatic rings. The smallest absolute Gasteiger partial charge is 0.141 e. The second-order valence-corrected chi connectivity index (χ2v) is 4.91. The summed E-state index contributed by atoms with van der Waals surface area (Å²) in [5.74, 6) is 0.816. The maximum Gasteiger partial charge on any atom is 0.141 e. The van der Waals surface area contributed by atoms with Gasteiger partial charge in [-0.1, -0.05) is 6.92 Å². The van der Waals surface area contributed by atoms with Crippen LogP contribution in [0.4, 0.5) is 0 Å². The largest absolute Gasteiger partial charge is 0.487 e. The van der Waals surface area contributed by atoms with Gasteiger partial charge in [0.15, 0.2) is 0 Å². The van der Waals surface area contributed by atoms with Gasteiger partial charge in [0.2, 0.25) is 0 Å². The lowest BCUT2D eigenvalue weighted by Crippen LogP contribution is -2.22. The number of hydrogen-bond donors (Lipinski definition) is 1. The van der Waals surface area contributed by atoms with Gasteiger partial charge in [-0.2, -0.15) is 0 Å². The molecule has 0 saturated carbocycles. The van der Waals surface area contributed by atoms with Crippen molar-refractivity contribution < 1.29 is 4.74 Å². The Morgan fingerprint density at radius 2 is 1.95 bits per heavy atom. The summed E-state index contributed by atoms with van der Waals surface area (Å²) in [6.07, 6.45) is 5.20. The van der Waals surface area contributed by atoms with Crippen molar-refractivity contribution >= 4 is 0 Å². The van der Waals surface area contributed by atoms with Gasteiger partial charge in [-0.05, 0) is 43.2 Å². The van der Waals surface area contributed by atoms with Crippen LogP contribution in [-0.2, 0) is 13.0 Å². The number of pyridine rings is 2. The first-order valence-electron chi connectivity index (χ1n) is 6.93. The summed E-state index contributed by atoms with van der Waals surface area (Å²) in [7, 11) is 0. The van der Waals surface area contributed by atoms with Crippen LogP contribution in [-0.4, -0.2) is 16.0 Å². The fraction of sp³-hybridized carbons (Fsp3) is 0.375. The highest BCUT2D eigenvalue weighted by Gasteiger charge is 2.10. The van der Waals surface area contributed by atoms with Crippen LogP contribution < -0.4 is 10.5 Å². The maximum atomic E-state index is 6.03. The third kappa shape index (κ3) is 4.03. The molecular weight excluding hydrogens is 250 g/mol. The van der Waals surface area contributed by atoms with E-state index in [9.17, 15) is 0 Å². The third-order valence-corrected chi connectivity index (χ3v) is 3.20. The van der Waals surface area contributed by atoms with Crippen LogP contribution in [0.25, 0.3) is 0 Å². The first kappa shape index (κ1) is 14.5. The van der Waals surface area contributed by atoms with Crippen LogP contribution in [0.3, 0.4) is 0 Å². The minimum absolute atomic E-state index is 0.118. The van der Waals surface area contributed by atoms with E-state index in [1.165, 1.54) is 0 Å². The fourth-order valence-corrected chi connectivity index (χ4v) is 1.91. The molecular formula is C16H21N3O. The van der Waals surface area contributed by atoms with Crippen LogP contribution >= 0.6 is 0 Å². The molecule has 0 fully saturated rings. The molecule has 0 aliphatic heterocycles. The average molecular weight is 271 g/mol. The molecule has 0 amide bonds. The van der Waals surface area contributed by atoms with E-state index in [4.69, 9.17) is 10.5 Å². The molecule has 0 aliphatic carbocycles. The molecule has 1 unspecified atom stereocenters. The van der Waals surface area contributed by atoms with Gasteiger partial charge in [-0.3, -0.25) is 9.97 Å². The van der Waals surface area contributed by atoms with Crippen molar-refractivity contribution in [2.45, 2.75) is 39.3 Å². The Bertz CT molecular complexity index is 543. The topological polar surface area (TPSA) is 61.0 Å². The molecule has 4 nitrogen and oxygen atoms in total. The molecule has 0 spiro atoms. The molecule has 2 N–H and O–H groups in total. The standard InChI is InChI=1S/C16H21N3O/c1-3-14(17)10-15-16(5-4-12(2)19-15)20-11-13-6-8-18-9-7-13/h4-9,14H,3,10-11,17H2,1-2H3. The first-order chi connectivity index (χ1) is 9.69. The summed E-state index contributed by atoms with van der Waals surface area (Å²) >= 11 is 0. The Balaban J connectivity index is 2.10. The Kier molecular flexibility index (Phi) is 5.07. The van der Waals surface area contributed by atoms with E-state index in [-0.39, 0.29) is 6.04 Å². The van der Waals surface area contributed by atoms with Gasteiger partial charge < -0.3 is 10.5 Å². The summed E-state index contributed by atoms with van der Waals surface area (Å²) in [5, 5.41) is 0. The van der Waals surface area contributed by atoms with Gasteiger partial charge >= 0.3 is 0 Å². The molecule has 0 bridgehead atoms. The number of hydrogen-bond acceptors (Lipinski definition) is 4. The van der Waals surface area contributed by atoms with Crippen LogP contribution in [0, 0.1) is 6.92 Å². The molecule has 0 radical (unpaired) electrons. The minimum atomic E-state index is 0.118. The SMILES string of the molecule is CCC(N)Cc1nc(C)ccc1OCc1ccncc1. The van der Waals surface area contributed by atoms with Crippen molar-refractivity contribution in [3.8, 4) is 5.75 Å². The van der Waals surface area contributed by atoms with E-state index >= 15 is 0 Å². The molecule has 1 atom stereocenters. The predicted molar refractivity (Wildman–Crippen MR) is 79.5 cm³/mol. The molecule has 106 valence electrons. The first-order valence-corrected chi connectivity index (χ1v) is 6.93. The van der Waals surface area contributed by atoms with Crippen molar-refractivity contribution in [3.63, 3.8) is 0 Å². The number of aryl methyl sites for hydroxylation is 1. The summed E-state index contributed by atoms with van der Waals surface area (Å²) in [4.78, 5) is 8.55. The van der Waals surface area contributed by atoms with Gasteiger partial charge in [-0.25, -0.2) is 0 Å². The van der Waals surface area contributed by atoms with E-state index in [0.29, 0.717) is 6.61 Å². The van der Waals surface area contributed by atoms with E-state index in [1.54, 1.807) is 12.4 Å². The van der Waals surface area contributed by atoms with E-state index in [2.05, 4.69) is 16.9 Å². The highest BCUT2D eigenvalue weighted by Crippen LogP contribution is 2.20. The highest BCUT2D eigenvalue weighted by molar-refractivity contribution is 5.30. The summed E-state index contributed by atoms with van der Waals surface area (Å²) < 4.78 is 5.88. The lowest BCUT2D eigenvalue weighted by atomic mass is 10.1. The Labute approximate surface area is 120 Å². The quantitative estimate of drug-likeness (QED) is 0.877. The second-order valence-electron chi connectivity index (χ2n) is 4.91. The Morgan fingerprint density at radius 1 is 1.20 bits per heavy atom. The minimum Gasteiger partial charge on any atom is -0.487 e. The van der Waals surface area contributed by atoms with Crippen molar-refractivity contribution in [3.05, 3.63) is 53.6 Å². The van der Waals surface area contributed by atoms with E-state index in [1.807, 2.05) is 31.2 Å². The van der Waals surface area contributed by atoms with E-state index < -0.39 is 0 Å². The van der Waals surface area contributed by atoms with Crippen molar-refractivity contribution in [2.75, 3.05) is 0 Å². The van der Waals surface area contributed by atoms with Crippen LogP contribution in [0.15, 0.2) is 36.7 Å². The summed E-state index contributed by atoms with van der Waals surface area (Å²) in [6.45, 7) is 4.58. The molecule has 20 heavy (non-hydrogen) atoms. The Hall–Kier alpha value is -1.94. The molecule has 2 rings (SSSR count). The van der Waals surface area contributed by atoms with Crippen molar-refractivity contribution in [1.82, 2.24) is 9.97 Å². The summed E-state index contributed by atoms with van der Waals surface area (Å²) in [6, 6.07) is 7.94. The van der Waals surface area contributed by atoms with Crippen molar-refractivity contribution in [1.29, 1.82) is 0 Å². The zero-order valence-electron chi connectivity index (χ0n) is 12.0. The van der Waals surface area contributed by atoms with Gasteiger partial charge in [0.1, 0.15) is 12.4 Å². The van der Waals surface area contributed by atoms with Gasteiger partial charge in [0, 0.05) is 30.6 Å². The molecule has 0 aromatic carbocycles. The molecule has 0 saturated heterocycles. The molecule has 2 aromatic heterocycles. The fourth-order valence-electron chi connectivity index (χ4n) is 1.91. The average Bonchev–Trinajstić information content (AvgIpc) is 2.47. The van der Waals surface area contributed by atoms with Gasteiger partial charge in [0.25, 0.3) is 0 Å². The molecule has 2 aromatic rings. The van der Waals surface area contributed by atoms with Crippen LogP contribution in [0.5, 0.6) is 5.75 Å². The maximum absolute atomic E-state index is 6.03. The van der Waals surface area contributed by atoms with Crippen LogP contribution in [0.1, 0.15) is 30.3 Å². The zero-order chi connectivity index (χ0) is 14.4. The van der Waals surface area contributed by atoms with Gasteiger partial charge in [-0.15, -0.1) is 0 Å². The lowest BCUT2D eigenvalue weighted by Gasteiger charge is -2.14. The lowest BCUT2D eigenvalue weighted by molar-refractivity contribution is 0.300. The monoisotopic (exact) mass is 271 g/mol. The zero-order valence-corrected chi connectivity index (χ0v) is 12.0. The van der Waals surface area contributed by atoms with Crippen LogP contribution in [0.2, 0.25) is 0 Å². The number of ether oxygens (including phenoxy) is 1. The van der Waals surface area contributed by atoms with E-state index in [0.717, 1.165) is 35.5 Å². The normalized spacial score (nSPS) is 12.2. The Morgan fingerprint density at radius 3 is 2.65 bits per heavy atom. The number of nitrogens with two attached hydrogens (primary N) is 1. The number of aromatic nitrogens is 2. The summed E-state index contributed by atoms with van der Waals surface area (Å²) in [5.41, 5.74) is 9.04. The second kappa shape index (κ2) is 7.01. The molecule has 2 heterocycles. The third-order valence-electron chi connectivity index (χ3n) is 3.20.